The third-order valence-corrected chi connectivity index (χ3v) is 9.32. The number of aromatic nitrogens is 2. The van der Waals surface area contributed by atoms with Crippen LogP contribution in [0.3, 0.4) is 0 Å². The number of benzene rings is 6. The van der Waals surface area contributed by atoms with Gasteiger partial charge >= 0.3 is 0 Å². The Labute approximate surface area is 295 Å². The molecule has 4 heteroatoms. The van der Waals surface area contributed by atoms with Gasteiger partial charge in [-0.25, -0.2) is 4.98 Å². The Morgan fingerprint density at radius 2 is 1.20 bits per heavy atom. The molecule has 0 aliphatic heterocycles. The molecule has 1 N–H and O–H groups in total. The second kappa shape index (κ2) is 12.9. The highest BCUT2D eigenvalue weighted by Gasteiger charge is 2.20. The molecule has 1 heterocycles. The van der Waals surface area contributed by atoms with Gasteiger partial charge in [-0.2, -0.15) is 0 Å². The summed E-state index contributed by atoms with van der Waals surface area (Å²) in [4.78, 5) is 10.4. The van der Waals surface area contributed by atoms with Crippen molar-refractivity contribution in [3.05, 3.63) is 156 Å². The molecule has 0 fully saturated rings. The molecule has 0 spiro atoms. The molecule has 0 saturated heterocycles. The van der Waals surface area contributed by atoms with Crippen LogP contribution in [0.15, 0.2) is 145 Å². The normalized spacial score (nSPS) is 12.2. The second-order valence-corrected chi connectivity index (χ2v) is 15.0. The van der Waals surface area contributed by atoms with Crippen LogP contribution < -0.4 is 0 Å². The van der Waals surface area contributed by atoms with Crippen LogP contribution >= 0.6 is 0 Å². The van der Waals surface area contributed by atoms with Crippen molar-refractivity contribution in [1.82, 2.24) is 9.55 Å². The van der Waals surface area contributed by atoms with Crippen molar-refractivity contribution in [2.45, 2.75) is 52.4 Å². The number of rotatable bonds is 6. The Bertz CT molecular complexity index is 2350. The van der Waals surface area contributed by atoms with E-state index in [1.807, 2.05) is 36.4 Å². The third kappa shape index (κ3) is 6.49. The molecule has 0 aliphatic carbocycles. The lowest BCUT2D eigenvalue weighted by Crippen LogP contribution is -2.11. The van der Waals surface area contributed by atoms with E-state index in [0.29, 0.717) is 5.56 Å². The Morgan fingerprint density at radius 3 is 1.96 bits per heavy atom. The molecule has 50 heavy (non-hydrogen) atoms. The van der Waals surface area contributed by atoms with Crippen LogP contribution in [-0.2, 0) is 10.8 Å². The maximum absolute atomic E-state index is 10.7. The van der Waals surface area contributed by atoms with E-state index < -0.39 is 0 Å². The van der Waals surface area contributed by atoms with Gasteiger partial charge in [-0.15, -0.1) is 0 Å². The quantitative estimate of drug-likeness (QED) is 0.182. The summed E-state index contributed by atoms with van der Waals surface area (Å²) in [6, 6.07) is 48.2. The Hall–Kier alpha value is -5.74. The summed E-state index contributed by atoms with van der Waals surface area (Å²) in [5.41, 5.74) is 12.3. The van der Waals surface area contributed by atoms with E-state index in [4.69, 9.17) is 9.98 Å². The zero-order chi connectivity index (χ0) is 35.0. The van der Waals surface area contributed by atoms with E-state index >= 15 is 0 Å². The molecule has 7 rings (SSSR count). The van der Waals surface area contributed by atoms with E-state index in [-0.39, 0.29) is 16.6 Å². The lowest BCUT2D eigenvalue weighted by atomic mass is 9.85. The number of phenols is 1. The van der Waals surface area contributed by atoms with E-state index in [0.717, 1.165) is 50.5 Å². The Balaban J connectivity index is 1.38. The van der Waals surface area contributed by atoms with Gasteiger partial charge in [0, 0.05) is 28.6 Å². The van der Waals surface area contributed by atoms with Crippen molar-refractivity contribution >= 4 is 22.9 Å². The molecule has 0 unspecified atom stereocenters. The fraction of sp³-hybridized carbons (Fsp3) is 0.174. The minimum absolute atomic E-state index is 0.0531. The van der Waals surface area contributed by atoms with Crippen LogP contribution in [0.25, 0.3) is 50.4 Å². The van der Waals surface area contributed by atoms with E-state index in [1.165, 1.54) is 16.7 Å². The first-order valence-electron chi connectivity index (χ1n) is 17.2. The maximum atomic E-state index is 10.7. The fourth-order valence-electron chi connectivity index (χ4n) is 6.42. The van der Waals surface area contributed by atoms with Crippen LogP contribution in [0.4, 0.5) is 5.69 Å². The summed E-state index contributed by atoms with van der Waals surface area (Å²) in [5.74, 6) is 1.00. The Kier molecular flexibility index (Phi) is 8.49. The van der Waals surface area contributed by atoms with Gasteiger partial charge in [0.05, 0.1) is 16.7 Å². The molecular weight excluding hydrogens is 611 g/mol. The molecule has 0 amide bonds. The topological polar surface area (TPSA) is 50.4 Å². The molecule has 1 aromatic heterocycles. The van der Waals surface area contributed by atoms with Crippen molar-refractivity contribution in [3.63, 3.8) is 0 Å². The lowest BCUT2D eigenvalue weighted by molar-refractivity contribution is 0.473. The lowest BCUT2D eigenvalue weighted by Gasteiger charge is -2.20. The first kappa shape index (κ1) is 32.8. The smallest absolute Gasteiger partial charge is 0.147 e. The van der Waals surface area contributed by atoms with Crippen molar-refractivity contribution in [3.8, 4) is 45.1 Å². The molecule has 0 atom stereocenters. The zero-order valence-corrected chi connectivity index (χ0v) is 29.6. The number of nitrogens with zero attached hydrogens (tertiary/aromatic N) is 3. The molecule has 7 aromatic rings. The highest BCUT2D eigenvalue weighted by atomic mass is 16.3. The molecule has 0 bridgehead atoms. The zero-order valence-electron chi connectivity index (χ0n) is 29.6. The summed E-state index contributed by atoms with van der Waals surface area (Å²) >= 11 is 0. The highest BCUT2D eigenvalue weighted by Crippen LogP contribution is 2.39. The molecule has 4 nitrogen and oxygen atoms in total. The van der Waals surface area contributed by atoms with Crippen LogP contribution in [0.2, 0.25) is 0 Å². The predicted molar refractivity (Wildman–Crippen MR) is 210 cm³/mol. The average molecular weight is 654 g/mol. The number of fused-ring (bicyclic) bond motifs is 1. The van der Waals surface area contributed by atoms with Gasteiger partial charge in [0.25, 0.3) is 0 Å². The van der Waals surface area contributed by atoms with Crippen molar-refractivity contribution < 1.29 is 5.11 Å². The van der Waals surface area contributed by atoms with Gasteiger partial charge in [-0.3, -0.25) is 9.56 Å². The molecule has 248 valence electrons. The first-order valence-corrected chi connectivity index (χ1v) is 17.2. The van der Waals surface area contributed by atoms with Crippen LogP contribution in [0, 0.1) is 0 Å². The third-order valence-electron chi connectivity index (χ3n) is 9.32. The summed E-state index contributed by atoms with van der Waals surface area (Å²) in [7, 11) is 0. The molecular formula is C46H43N3O. The van der Waals surface area contributed by atoms with E-state index in [1.54, 1.807) is 12.3 Å². The van der Waals surface area contributed by atoms with Crippen LogP contribution in [0.5, 0.6) is 5.75 Å². The number of hydrogen-bond donors (Lipinski definition) is 1. The van der Waals surface area contributed by atoms with Gasteiger partial charge < -0.3 is 5.11 Å². The van der Waals surface area contributed by atoms with Crippen molar-refractivity contribution in [1.29, 1.82) is 0 Å². The maximum Gasteiger partial charge on any atom is 0.147 e. The standard InChI is InChI=1S/C46H43N3O/c1-45(2,3)35-18-13-16-32(28-35)31-15-12-17-33(27-31)38-22-14-24-41-43(38)48-44(49(41)37-19-8-7-9-20-37)39-21-10-11-23-40(39)47-30-34-29-36(46(4,5)6)25-26-42(34)50/h7-30,50H,1-6H3. The van der Waals surface area contributed by atoms with Crippen molar-refractivity contribution in [2.24, 2.45) is 4.99 Å². The van der Waals surface area contributed by atoms with Crippen molar-refractivity contribution in [2.75, 3.05) is 0 Å². The van der Waals surface area contributed by atoms with Gasteiger partial charge in [0.1, 0.15) is 11.6 Å². The number of para-hydroxylation sites is 3. The molecule has 0 saturated carbocycles. The molecule has 0 aliphatic rings. The summed E-state index contributed by atoms with van der Waals surface area (Å²) in [5, 5.41) is 10.7. The van der Waals surface area contributed by atoms with E-state index in [9.17, 15) is 5.11 Å². The number of imidazole rings is 1. The number of phenolic OH excluding ortho intramolecular Hbond substituents is 1. The van der Waals surface area contributed by atoms with Crippen LogP contribution in [0.1, 0.15) is 58.2 Å². The largest absolute Gasteiger partial charge is 0.507 e. The number of aromatic hydroxyl groups is 1. The summed E-state index contributed by atoms with van der Waals surface area (Å²) in [6.45, 7) is 13.3. The van der Waals surface area contributed by atoms with Gasteiger partial charge in [-0.1, -0.05) is 133 Å². The van der Waals surface area contributed by atoms with Gasteiger partial charge in [-0.05, 0) is 87.2 Å². The van der Waals surface area contributed by atoms with Crippen LogP contribution in [-0.4, -0.2) is 20.9 Å². The minimum atomic E-state index is -0.0531. The SMILES string of the molecule is CC(C)(C)c1cccc(-c2cccc(-c3cccc4c3nc(-c3ccccc3N=Cc3cc(C(C)(C)C)ccc3O)n4-c3ccccc3)c2)c1. The monoisotopic (exact) mass is 653 g/mol. The predicted octanol–water partition coefficient (Wildman–Crippen LogP) is 12.1. The molecule has 6 aromatic carbocycles. The van der Waals surface area contributed by atoms with E-state index in [2.05, 4.69) is 143 Å². The number of aliphatic imine (C=N–C) groups is 1. The average Bonchev–Trinajstić information content (AvgIpc) is 3.51. The minimum Gasteiger partial charge on any atom is -0.507 e. The first-order chi connectivity index (χ1) is 24.0. The molecule has 0 radical (unpaired) electrons. The highest BCUT2D eigenvalue weighted by molar-refractivity contribution is 5.97. The summed E-state index contributed by atoms with van der Waals surface area (Å²) in [6.07, 6.45) is 1.75. The second-order valence-electron chi connectivity index (χ2n) is 15.0. The fourth-order valence-corrected chi connectivity index (χ4v) is 6.42. The number of hydrogen-bond acceptors (Lipinski definition) is 3. The van der Waals surface area contributed by atoms with Gasteiger partial charge in [0.15, 0.2) is 0 Å². The Morgan fingerprint density at radius 1 is 0.580 bits per heavy atom. The summed E-state index contributed by atoms with van der Waals surface area (Å²) < 4.78 is 2.22. The van der Waals surface area contributed by atoms with Gasteiger partial charge in [0.2, 0.25) is 0 Å².